The second-order valence-electron chi connectivity index (χ2n) is 10.8. The van der Waals surface area contributed by atoms with Gasteiger partial charge in [-0.2, -0.15) is 9.78 Å². The van der Waals surface area contributed by atoms with Crippen molar-refractivity contribution >= 4 is 50.5 Å². The molecule has 1 saturated heterocycles. The number of benzene rings is 3. The second kappa shape index (κ2) is 9.69. The zero-order valence-electron chi connectivity index (χ0n) is 22.5. The fourth-order valence-corrected chi connectivity index (χ4v) is 6.10. The lowest BCUT2D eigenvalue weighted by molar-refractivity contribution is -0.125. The monoisotopic (exact) mass is 561 g/mol. The molecule has 3 heterocycles. The van der Waals surface area contributed by atoms with E-state index in [0.29, 0.717) is 17.8 Å². The Bertz CT molecular complexity index is 1920. The van der Waals surface area contributed by atoms with Crippen molar-refractivity contribution in [3.8, 4) is 5.88 Å². The number of para-hydroxylation sites is 2. The van der Waals surface area contributed by atoms with Gasteiger partial charge >= 0.3 is 6.09 Å². The molecule has 1 saturated carbocycles. The average molecular weight is 562 g/mol. The normalized spacial score (nSPS) is 23.2. The topological polar surface area (TPSA) is 127 Å². The van der Waals surface area contributed by atoms with Gasteiger partial charge in [0, 0.05) is 28.5 Å². The summed E-state index contributed by atoms with van der Waals surface area (Å²) in [7, 11) is 0. The highest BCUT2D eigenvalue weighted by Gasteiger charge is 2.61. The number of carbonyl (C=O) groups is 3. The van der Waals surface area contributed by atoms with E-state index in [1.54, 1.807) is 18.3 Å². The minimum atomic E-state index is -1.26. The molecule has 5 aromatic rings. The summed E-state index contributed by atoms with van der Waals surface area (Å²) in [5.74, 6) is -0.876. The Morgan fingerprint density at radius 1 is 1.00 bits per heavy atom. The molecule has 2 unspecified atom stereocenters. The van der Waals surface area contributed by atoms with Crippen LogP contribution in [0.3, 0.4) is 0 Å². The summed E-state index contributed by atoms with van der Waals surface area (Å²) in [6, 6.07) is 21.7. The first kappa shape index (κ1) is 25.7. The molecule has 0 spiro atoms. The summed E-state index contributed by atoms with van der Waals surface area (Å²) in [4.78, 5) is 45.5. The van der Waals surface area contributed by atoms with Crippen LogP contribution in [-0.4, -0.2) is 66.9 Å². The fourth-order valence-electron chi connectivity index (χ4n) is 6.10. The molecule has 3 aromatic carbocycles. The van der Waals surface area contributed by atoms with Gasteiger partial charge in [0.15, 0.2) is 0 Å². The van der Waals surface area contributed by atoms with E-state index in [-0.39, 0.29) is 24.8 Å². The van der Waals surface area contributed by atoms with Gasteiger partial charge in [0.2, 0.25) is 11.8 Å². The number of ether oxygens (including phenoxy) is 1. The van der Waals surface area contributed by atoms with E-state index in [4.69, 9.17) is 9.72 Å². The Balaban J connectivity index is 1.16. The molecule has 0 radical (unpaired) electrons. The molecule has 1 aliphatic heterocycles. The summed E-state index contributed by atoms with van der Waals surface area (Å²) >= 11 is 0. The van der Waals surface area contributed by atoms with Gasteiger partial charge in [-0.1, -0.05) is 60.7 Å². The van der Waals surface area contributed by atoms with Crippen LogP contribution in [0.4, 0.5) is 4.79 Å². The van der Waals surface area contributed by atoms with Crippen LogP contribution in [0, 0.1) is 5.92 Å². The molecule has 0 bridgehead atoms. The highest BCUT2D eigenvalue weighted by molar-refractivity contribution is 6.07. The van der Waals surface area contributed by atoms with Gasteiger partial charge in [-0.3, -0.25) is 14.5 Å². The van der Waals surface area contributed by atoms with Crippen LogP contribution in [0.2, 0.25) is 0 Å². The summed E-state index contributed by atoms with van der Waals surface area (Å²) < 4.78 is 7.60. The summed E-state index contributed by atoms with van der Waals surface area (Å²) in [6.07, 6.45) is 1.83. The first-order chi connectivity index (χ1) is 20.4. The highest BCUT2D eigenvalue weighted by Crippen LogP contribution is 2.46. The lowest BCUT2D eigenvalue weighted by atomic mass is 10.1. The van der Waals surface area contributed by atoms with Gasteiger partial charge in [0.1, 0.15) is 17.7 Å². The van der Waals surface area contributed by atoms with Crippen molar-refractivity contribution in [2.24, 2.45) is 5.92 Å². The largest absolute Gasteiger partial charge is 0.472 e. The van der Waals surface area contributed by atoms with E-state index < -0.39 is 29.7 Å². The van der Waals surface area contributed by atoms with Gasteiger partial charge in [-0.05, 0) is 30.0 Å². The number of hydrogen-bond acceptors (Lipinski definition) is 6. The first-order valence-corrected chi connectivity index (χ1v) is 13.8. The van der Waals surface area contributed by atoms with E-state index in [9.17, 15) is 19.5 Å². The second-order valence-corrected chi connectivity index (χ2v) is 10.8. The first-order valence-electron chi connectivity index (χ1n) is 13.8. The lowest BCUT2D eigenvalue weighted by Crippen LogP contribution is -2.54. The molecule has 2 aromatic heterocycles. The summed E-state index contributed by atoms with van der Waals surface area (Å²) in [6.45, 7) is 3.81. The number of nitrogens with zero attached hydrogens (tertiary/aromatic N) is 4. The molecule has 7 rings (SSSR count). The maximum atomic E-state index is 13.8. The molecule has 4 atom stereocenters. The number of aromatic nitrogens is 3. The predicted octanol–water partition coefficient (Wildman–Crippen LogP) is 4.64. The number of pyridine rings is 1. The Morgan fingerprint density at radius 3 is 2.48 bits per heavy atom. The molecule has 42 heavy (non-hydrogen) atoms. The number of rotatable bonds is 6. The zero-order chi connectivity index (χ0) is 29.0. The van der Waals surface area contributed by atoms with Gasteiger partial charge in [-0.15, -0.1) is 6.58 Å². The zero-order valence-corrected chi connectivity index (χ0v) is 22.5. The van der Waals surface area contributed by atoms with Crippen molar-refractivity contribution in [3.05, 3.63) is 91.6 Å². The predicted molar refractivity (Wildman–Crippen MR) is 156 cm³/mol. The minimum Gasteiger partial charge on any atom is -0.472 e. The molecule has 2 amide bonds. The number of hydrogen-bond donors (Lipinski definition) is 2. The molecule has 10 nitrogen and oxygen atoms in total. The maximum Gasteiger partial charge on any atom is 0.408 e. The number of carboxylic acid groups (broad SMARTS) is 1. The van der Waals surface area contributed by atoms with Crippen molar-refractivity contribution in [3.63, 3.8) is 0 Å². The Labute approximate surface area is 240 Å². The Morgan fingerprint density at radius 2 is 1.71 bits per heavy atom. The number of likely N-dealkylation sites (tertiary alicyclic amines) is 1. The number of amides is 2. The van der Waals surface area contributed by atoms with Crippen LogP contribution < -0.4 is 10.1 Å². The average Bonchev–Trinajstić information content (AvgIpc) is 3.32. The molecule has 210 valence electrons. The van der Waals surface area contributed by atoms with Crippen LogP contribution in [0.1, 0.15) is 17.6 Å². The molecule has 2 fully saturated rings. The van der Waals surface area contributed by atoms with Gasteiger partial charge < -0.3 is 15.2 Å². The van der Waals surface area contributed by atoms with E-state index in [2.05, 4.69) is 17.0 Å². The van der Waals surface area contributed by atoms with Crippen molar-refractivity contribution in [1.29, 1.82) is 0 Å². The summed E-state index contributed by atoms with van der Waals surface area (Å²) in [5.41, 5.74) is 0.124. The van der Waals surface area contributed by atoms with Crippen molar-refractivity contribution in [1.82, 2.24) is 25.0 Å². The quantitative estimate of drug-likeness (QED) is 0.228. The van der Waals surface area contributed by atoms with Crippen molar-refractivity contribution in [2.75, 3.05) is 6.54 Å². The maximum absolute atomic E-state index is 13.8. The Kier molecular flexibility index (Phi) is 5.93. The van der Waals surface area contributed by atoms with Gasteiger partial charge in [0.25, 0.3) is 5.91 Å². The Hall–Kier alpha value is -5.25. The number of carbonyl (C=O) groups excluding carboxylic acids is 2. The number of nitrogens with one attached hydrogen (secondary N) is 1. The fraction of sp³-hybridized carbons (Fsp3) is 0.219. The van der Waals surface area contributed by atoms with Crippen molar-refractivity contribution < 1.29 is 24.2 Å². The van der Waals surface area contributed by atoms with E-state index >= 15 is 0 Å². The molecule has 2 N–H and O–H groups in total. The smallest absolute Gasteiger partial charge is 0.408 e. The van der Waals surface area contributed by atoms with Crippen LogP contribution in [0.15, 0.2) is 91.6 Å². The van der Waals surface area contributed by atoms with Crippen LogP contribution in [-0.2, 0) is 4.79 Å². The van der Waals surface area contributed by atoms with E-state index in [1.165, 1.54) is 4.68 Å². The van der Waals surface area contributed by atoms with Crippen LogP contribution in [0.25, 0.3) is 32.6 Å². The highest BCUT2D eigenvalue weighted by atomic mass is 16.5. The molecule has 10 heteroatoms. The molecular formula is C32H27N5O5. The van der Waals surface area contributed by atoms with E-state index in [0.717, 1.165) is 32.0 Å². The summed E-state index contributed by atoms with van der Waals surface area (Å²) in [5, 5.41) is 20.7. The molecule has 2 aliphatic rings. The van der Waals surface area contributed by atoms with E-state index in [1.807, 2.05) is 66.7 Å². The third-order valence-electron chi connectivity index (χ3n) is 8.36. The van der Waals surface area contributed by atoms with Crippen LogP contribution in [0.5, 0.6) is 5.88 Å². The number of fused-ring (bicyclic) bond motifs is 4. The third kappa shape index (κ3) is 4.06. The third-order valence-corrected chi connectivity index (χ3v) is 8.36. The van der Waals surface area contributed by atoms with Crippen molar-refractivity contribution in [2.45, 2.75) is 30.5 Å². The lowest BCUT2D eigenvalue weighted by Gasteiger charge is -2.24. The standard InChI is InChI=1S/C32H27N5O5/c1-2-20-16-32(20,30(39)37-26-14-8-3-9-19(26)17-33-37)35-28(38)27-15-21(18-36(27)31(40)41)42-29-24-12-5-4-10-22(24)23-11-6-7-13-25(23)34-29/h2-14,17,20-21,27H,1,15-16,18H2,(H,35,38)(H,40,41)/t20-,21?,27?,32-/m0/s1. The van der Waals surface area contributed by atoms with Crippen LogP contribution >= 0.6 is 0 Å². The minimum absolute atomic E-state index is 0.0219. The van der Waals surface area contributed by atoms with Gasteiger partial charge in [0.05, 0.1) is 23.8 Å². The molecule has 1 aliphatic carbocycles. The SMILES string of the molecule is C=C[C@H]1C[C@@]1(NC(=O)C1CC(Oc2nc3ccccc3c3ccccc23)CN1C(=O)O)C(=O)n1ncc2ccccc21. The molecular weight excluding hydrogens is 534 g/mol. The van der Waals surface area contributed by atoms with Gasteiger partial charge in [-0.25, -0.2) is 9.78 Å².